The van der Waals surface area contributed by atoms with E-state index in [1.807, 2.05) is 6.92 Å². The molecule has 1 unspecified atom stereocenters. The molecule has 0 amide bonds. The van der Waals surface area contributed by atoms with Gasteiger partial charge in [0.1, 0.15) is 6.29 Å². The van der Waals surface area contributed by atoms with Crippen molar-refractivity contribution < 1.29 is 9.59 Å². The average Bonchev–Trinajstić information content (AvgIpc) is 1.96. The van der Waals surface area contributed by atoms with Gasteiger partial charge in [0, 0.05) is 11.8 Å². The van der Waals surface area contributed by atoms with Crippen molar-refractivity contribution in [1.29, 1.82) is 0 Å². The Kier molecular flexibility index (Phi) is 1.70. The van der Waals surface area contributed by atoms with Gasteiger partial charge in [0.25, 0.3) is 0 Å². The topological polar surface area (TPSA) is 34.1 Å². The third kappa shape index (κ3) is 1.32. The minimum Gasteiger partial charge on any atom is -0.302 e. The van der Waals surface area contributed by atoms with E-state index in [2.05, 4.69) is 0 Å². The van der Waals surface area contributed by atoms with Gasteiger partial charge in [0.15, 0.2) is 5.78 Å². The summed E-state index contributed by atoms with van der Waals surface area (Å²) in [6.45, 7) is 1.84. The van der Waals surface area contributed by atoms with E-state index in [1.54, 1.807) is 6.08 Å². The predicted molar refractivity (Wildman–Crippen MR) is 37.6 cm³/mol. The molecule has 0 bridgehead atoms. The second kappa shape index (κ2) is 2.37. The van der Waals surface area contributed by atoms with E-state index < -0.39 is 0 Å². The van der Waals surface area contributed by atoms with Gasteiger partial charge in [-0.05, 0) is 19.4 Å². The smallest absolute Gasteiger partial charge is 0.155 e. The summed E-state index contributed by atoms with van der Waals surface area (Å²) in [5.74, 6) is 0.124. The molecule has 1 atom stereocenters. The monoisotopic (exact) mass is 138 g/mol. The summed E-state index contributed by atoms with van der Waals surface area (Å²) < 4.78 is 0. The van der Waals surface area contributed by atoms with Gasteiger partial charge in [-0.3, -0.25) is 4.79 Å². The fraction of sp³-hybridized carbons (Fsp3) is 0.500. The fourth-order valence-electron chi connectivity index (χ4n) is 0.941. The van der Waals surface area contributed by atoms with Gasteiger partial charge in [0.05, 0.1) is 0 Å². The number of hydrogen-bond acceptors (Lipinski definition) is 2. The molecule has 0 fully saturated rings. The average molecular weight is 138 g/mol. The Morgan fingerprint density at radius 1 is 1.70 bits per heavy atom. The van der Waals surface area contributed by atoms with Crippen molar-refractivity contribution >= 4 is 12.1 Å². The molecule has 0 N–H and O–H groups in total. The van der Waals surface area contributed by atoms with Gasteiger partial charge < -0.3 is 4.79 Å². The van der Waals surface area contributed by atoms with Crippen molar-refractivity contribution in [1.82, 2.24) is 0 Å². The number of ketones is 1. The van der Waals surface area contributed by atoms with Gasteiger partial charge in [-0.1, -0.05) is 6.08 Å². The van der Waals surface area contributed by atoms with E-state index in [1.165, 1.54) is 6.08 Å². The van der Waals surface area contributed by atoms with Crippen LogP contribution in [0.5, 0.6) is 0 Å². The first-order valence-electron chi connectivity index (χ1n) is 3.35. The number of aldehydes is 1. The molecule has 0 aliphatic heterocycles. The Hall–Kier alpha value is -0.920. The minimum absolute atomic E-state index is 0.124. The van der Waals surface area contributed by atoms with Crippen molar-refractivity contribution in [3.05, 3.63) is 12.2 Å². The third-order valence-corrected chi connectivity index (χ3v) is 1.83. The van der Waals surface area contributed by atoms with Crippen molar-refractivity contribution in [2.24, 2.45) is 5.41 Å². The maximum atomic E-state index is 10.7. The van der Waals surface area contributed by atoms with Crippen LogP contribution in [-0.4, -0.2) is 12.1 Å². The summed E-state index contributed by atoms with van der Waals surface area (Å²) in [5.41, 5.74) is -0.381. The zero-order valence-electron chi connectivity index (χ0n) is 5.96. The molecule has 0 heterocycles. The molecular weight excluding hydrogens is 128 g/mol. The van der Waals surface area contributed by atoms with Crippen LogP contribution in [-0.2, 0) is 9.59 Å². The van der Waals surface area contributed by atoms with Crippen LogP contribution in [0.15, 0.2) is 12.2 Å². The molecule has 0 spiro atoms. The molecule has 2 nitrogen and oxygen atoms in total. The van der Waals surface area contributed by atoms with Crippen molar-refractivity contribution in [2.75, 3.05) is 0 Å². The first-order chi connectivity index (χ1) is 4.66. The van der Waals surface area contributed by atoms with Crippen LogP contribution < -0.4 is 0 Å². The SMILES string of the molecule is CC1(C=O)C=CC(=O)CC1. The lowest BCUT2D eigenvalue weighted by molar-refractivity contribution is -0.117. The van der Waals surface area contributed by atoms with Crippen LogP contribution in [0, 0.1) is 5.41 Å². The van der Waals surface area contributed by atoms with Crippen LogP contribution in [0.25, 0.3) is 0 Å². The largest absolute Gasteiger partial charge is 0.302 e. The third-order valence-electron chi connectivity index (χ3n) is 1.83. The van der Waals surface area contributed by atoms with Crippen LogP contribution in [0.1, 0.15) is 19.8 Å². The number of allylic oxidation sites excluding steroid dienone is 2. The number of hydrogen-bond donors (Lipinski definition) is 0. The van der Waals surface area contributed by atoms with Crippen LogP contribution in [0.2, 0.25) is 0 Å². The number of carbonyl (C=O) groups excluding carboxylic acids is 2. The predicted octanol–water partition coefficient (Wildman–Crippen LogP) is 1.11. The number of rotatable bonds is 1. The maximum Gasteiger partial charge on any atom is 0.155 e. The van der Waals surface area contributed by atoms with E-state index >= 15 is 0 Å². The molecule has 54 valence electrons. The highest BCUT2D eigenvalue weighted by atomic mass is 16.1. The van der Waals surface area contributed by atoms with Crippen molar-refractivity contribution in [2.45, 2.75) is 19.8 Å². The van der Waals surface area contributed by atoms with Gasteiger partial charge in [-0.2, -0.15) is 0 Å². The quantitative estimate of drug-likeness (QED) is 0.508. The van der Waals surface area contributed by atoms with Crippen molar-refractivity contribution in [3.8, 4) is 0 Å². The molecule has 0 saturated heterocycles. The standard InChI is InChI=1S/C8H10O2/c1-8(6-9)4-2-7(10)3-5-8/h2,4,6H,3,5H2,1H3. The van der Waals surface area contributed by atoms with Gasteiger partial charge >= 0.3 is 0 Å². The molecule has 2 heteroatoms. The van der Waals surface area contributed by atoms with Crippen molar-refractivity contribution in [3.63, 3.8) is 0 Å². The minimum atomic E-state index is -0.381. The van der Waals surface area contributed by atoms with E-state index in [0.717, 1.165) is 6.29 Å². The zero-order chi connectivity index (χ0) is 7.61. The Balaban J connectivity index is 2.77. The Labute approximate surface area is 59.9 Å². The normalized spacial score (nSPS) is 32.3. The summed E-state index contributed by atoms with van der Waals surface area (Å²) in [6, 6.07) is 0. The highest BCUT2D eigenvalue weighted by Crippen LogP contribution is 2.25. The van der Waals surface area contributed by atoms with Gasteiger partial charge in [-0.25, -0.2) is 0 Å². The van der Waals surface area contributed by atoms with Gasteiger partial charge in [0.2, 0.25) is 0 Å². The molecule has 1 rings (SSSR count). The van der Waals surface area contributed by atoms with Crippen LogP contribution >= 0.6 is 0 Å². The molecule has 0 radical (unpaired) electrons. The van der Waals surface area contributed by atoms with Gasteiger partial charge in [-0.15, -0.1) is 0 Å². The second-order valence-corrected chi connectivity index (χ2v) is 2.92. The molecule has 0 aromatic rings. The lowest BCUT2D eigenvalue weighted by Gasteiger charge is -2.20. The Bertz CT molecular complexity index is 193. The van der Waals surface area contributed by atoms with E-state index in [-0.39, 0.29) is 11.2 Å². The molecule has 0 aromatic carbocycles. The van der Waals surface area contributed by atoms with Crippen LogP contribution in [0.3, 0.4) is 0 Å². The first-order valence-corrected chi connectivity index (χ1v) is 3.35. The Morgan fingerprint density at radius 3 is 2.80 bits per heavy atom. The maximum absolute atomic E-state index is 10.7. The lowest BCUT2D eigenvalue weighted by Crippen LogP contribution is -2.20. The lowest BCUT2D eigenvalue weighted by atomic mass is 9.82. The highest BCUT2D eigenvalue weighted by Gasteiger charge is 2.24. The van der Waals surface area contributed by atoms with Crippen LogP contribution in [0.4, 0.5) is 0 Å². The summed E-state index contributed by atoms with van der Waals surface area (Å²) >= 11 is 0. The zero-order valence-corrected chi connectivity index (χ0v) is 5.96. The molecular formula is C8H10O2. The summed E-state index contributed by atoms with van der Waals surface area (Å²) in [7, 11) is 0. The van der Waals surface area contributed by atoms with E-state index in [0.29, 0.717) is 12.8 Å². The summed E-state index contributed by atoms with van der Waals surface area (Å²) in [5, 5.41) is 0. The molecule has 0 aromatic heterocycles. The highest BCUT2D eigenvalue weighted by molar-refractivity contribution is 5.92. The molecule has 0 saturated carbocycles. The van der Waals surface area contributed by atoms with E-state index in [9.17, 15) is 9.59 Å². The molecule has 1 aliphatic carbocycles. The first kappa shape index (κ1) is 7.19. The molecule has 10 heavy (non-hydrogen) atoms. The van der Waals surface area contributed by atoms with E-state index in [4.69, 9.17) is 0 Å². The number of carbonyl (C=O) groups is 2. The fourth-order valence-corrected chi connectivity index (χ4v) is 0.941. The summed E-state index contributed by atoms with van der Waals surface area (Å²) in [6.07, 6.45) is 5.25. The molecule has 1 aliphatic rings. The summed E-state index contributed by atoms with van der Waals surface area (Å²) in [4.78, 5) is 21.1. The second-order valence-electron chi connectivity index (χ2n) is 2.92. The Morgan fingerprint density at radius 2 is 2.40 bits per heavy atom.